The standard InChI is InChI=1S/C8H16N2O3/c1-9-7(11)8(12,13)6-3-2-4-10-5-6/h6,10,12-13H,2-5H2,1H3,(H,9,11). The van der Waals surface area contributed by atoms with Crippen molar-refractivity contribution in [1.29, 1.82) is 0 Å². The molecule has 0 spiro atoms. The Balaban J connectivity index is 2.60. The average molecular weight is 188 g/mol. The fourth-order valence-corrected chi connectivity index (χ4v) is 1.56. The van der Waals surface area contributed by atoms with E-state index in [0.717, 1.165) is 13.0 Å². The Morgan fingerprint density at radius 3 is 2.77 bits per heavy atom. The van der Waals surface area contributed by atoms with E-state index in [0.29, 0.717) is 13.0 Å². The highest BCUT2D eigenvalue weighted by atomic mass is 16.5. The number of nitrogens with one attached hydrogen (secondary N) is 2. The van der Waals surface area contributed by atoms with Crippen molar-refractivity contribution in [1.82, 2.24) is 10.6 Å². The van der Waals surface area contributed by atoms with Gasteiger partial charge in [-0.05, 0) is 19.4 Å². The minimum atomic E-state index is -2.23. The van der Waals surface area contributed by atoms with Gasteiger partial charge in [0.05, 0.1) is 0 Å². The second-order valence-corrected chi connectivity index (χ2v) is 3.35. The molecule has 1 fully saturated rings. The maximum absolute atomic E-state index is 11.1. The minimum Gasteiger partial charge on any atom is -0.358 e. The van der Waals surface area contributed by atoms with Gasteiger partial charge in [-0.15, -0.1) is 0 Å². The van der Waals surface area contributed by atoms with Gasteiger partial charge in [0.2, 0.25) is 5.79 Å². The van der Waals surface area contributed by atoms with Crippen LogP contribution in [0.25, 0.3) is 0 Å². The number of rotatable bonds is 2. The van der Waals surface area contributed by atoms with Crippen molar-refractivity contribution < 1.29 is 15.0 Å². The fraction of sp³-hybridized carbons (Fsp3) is 0.875. The van der Waals surface area contributed by atoms with Gasteiger partial charge in [0.15, 0.2) is 0 Å². The van der Waals surface area contributed by atoms with Crippen LogP contribution in [-0.2, 0) is 4.79 Å². The van der Waals surface area contributed by atoms with Crippen molar-refractivity contribution in [3.8, 4) is 0 Å². The first-order valence-electron chi connectivity index (χ1n) is 4.46. The lowest BCUT2D eigenvalue weighted by molar-refractivity contribution is -0.207. The molecule has 0 aromatic carbocycles. The Labute approximate surface area is 77.1 Å². The molecule has 0 aromatic rings. The molecule has 76 valence electrons. The molecule has 1 aliphatic heterocycles. The van der Waals surface area contributed by atoms with E-state index in [1.54, 1.807) is 0 Å². The molecule has 0 aromatic heterocycles. The summed E-state index contributed by atoms with van der Waals surface area (Å²) < 4.78 is 0. The van der Waals surface area contributed by atoms with E-state index in [2.05, 4.69) is 10.6 Å². The zero-order chi connectivity index (χ0) is 9.90. The van der Waals surface area contributed by atoms with E-state index < -0.39 is 17.6 Å². The van der Waals surface area contributed by atoms with E-state index >= 15 is 0 Å². The highest BCUT2D eigenvalue weighted by Gasteiger charge is 2.41. The summed E-state index contributed by atoms with van der Waals surface area (Å²) in [7, 11) is 1.39. The van der Waals surface area contributed by atoms with Crippen LogP contribution in [0.4, 0.5) is 0 Å². The van der Waals surface area contributed by atoms with Crippen molar-refractivity contribution >= 4 is 5.91 Å². The molecule has 0 aliphatic carbocycles. The van der Waals surface area contributed by atoms with Gasteiger partial charge in [0, 0.05) is 19.5 Å². The van der Waals surface area contributed by atoms with Crippen LogP contribution in [0.3, 0.4) is 0 Å². The molecule has 5 heteroatoms. The number of aliphatic hydroxyl groups is 2. The van der Waals surface area contributed by atoms with Crippen molar-refractivity contribution in [2.75, 3.05) is 20.1 Å². The van der Waals surface area contributed by atoms with Crippen LogP contribution >= 0.6 is 0 Å². The van der Waals surface area contributed by atoms with Gasteiger partial charge in [0.1, 0.15) is 0 Å². The first-order chi connectivity index (χ1) is 6.09. The molecule has 4 N–H and O–H groups in total. The van der Waals surface area contributed by atoms with Crippen LogP contribution < -0.4 is 10.6 Å². The number of carbonyl (C=O) groups is 1. The minimum absolute atomic E-state index is 0.416. The zero-order valence-corrected chi connectivity index (χ0v) is 7.71. The second kappa shape index (κ2) is 4.04. The molecular weight excluding hydrogens is 172 g/mol. The number of hydrogen-bond acceptors (Lipinski definition) is 4. The van der Waals surface area contributed by atoms with Crippen molar-refractivity contribution in [3.63, 3.8) is 0 Å². The topological polar surface area (TPSA) is 81.6 Å². The number of amides is 1. The monoisotopic (exact) mass is 188 g/mol. The van der Waals surface area contributed by atoms with E-state index in [1.165, 1.54) is 7.05 Å². The molecule has 1 heterocycles. The maximum Gasteiger partial charge on any atom is 0.280 e. The molecule has 1 amide bonds. The first-order valence-corrected chi connectivity index (χ1v) is 4.46. The maximum atomic E-state index is 11.1. The summed E-state index contributed by atoms with van der Waals surface area (Å²) in [4.78, 5) is 11.1. The molecule has 13 heavy (non-hydrogen) atoms. The van der Waals surface area contributed by atoms with Crippen LogP contribution in [0.5, 0.6) is 0 Å². The molecule has 0 bridgehead atoms. The van der Waals surface area contributed by atoms with E-state index in [9.17, 15) is 15.0 Å². The Morgan fingerprint density at radius 2 is 2.31 bits per heavy atom. The summed E-state index contributed by atoms with van der Waals surface area (Å²) in [5.74, 6) is -3.38. The third-order valence-electron chi connectivity index (χ3n) is 2.43. The number of piperidine rings is 1. The molecule has 1 unspecified atom stereocenters. The summed E-state index contributed by atoms with van der Waals surface area (Å²) >= 11 is 0. The largest absolute Gasteiger partial charge is 0.358 e. The molecule has 1 rings (SSSR count). The Kier molecular flexibility index (Phi) is 3.24. The number of hydrogen-bond donors (Lipinski definition) is 4. The normalized spacial score (nSPS) is 24.1. The number of carbonyl (C=O) groups excluding carboxylic acids is 1. The molecule has 1 saturated heterocycles. The van der Waals surface area contributed by atoms with Crippen LogP contribution in [0.15, 0.2) is 0 Å². The van der Waals surface area contributed by atoms with Crippen LogP contribution in [0.1, 0.15) is 12.8 Å². The van der Waals surface area contributed by atoms with Gasteiger partial charge < -0.3 is 20.8 Å². The predicted molar refractivity (Wildman–Crippen MR) is 46.8 cm³/mol. The SMILES string of the molecule is CNC(=O)C(O)(O)C1CCCNC1. The van der Waals surface area contributed by atoms with Gasteiger partial charge in [-0.2, -0.15) is 0 Å². The summed E-state index contributed by atoms with van der Waals surface area (Å²) in [6, 6.07) is 0. The summed E-state index contributed by atoms with van der Waals surface area (Å²) in [6.07, 6.45) is 1.53. The molecular formula is C8H16N2O3. The van der Waals surface area contributed by atoms with Crippen LogP contribution in [-0.4, -0.2) is 42.0 Å². The Bertz CT molecular complexity index is 188. The highest BCUT2D eigenvalue weighted by molar-refractivity contribution is 5.83. The zero-order valence-electron chi connectivity index (χ0n) is 7.71. The van der Waals surface area contributed by atoms with Crippen molar-refractivity contribution in [2.24, 2.45) is 5.92 Å². The van der Waals surface area contributed by atoms with Crippen LogP contribution in [0, 0.1) is 5.92 Å². The third kappa shape index (κ3) is 2.18. The van der Waals surface area contributed by atoms with Crippen LogP contribution in [0.2, 0.25) is 0 Å². The van der Waals surface area contributed by atoms with Gasteiger partial charge in [0.25, 0.3) is 5.91 Å². The van der Waals surface area contributed by atoms with Gasteiger partial charge in [-0.1, -0.05) is 0 Å². The fourth-order valence-electron chi connectivity index (χ4n) is 1.56. The summed E-state index contributed by atoms with van der Waals surface area (Å²) in [6.45, 7) is 1.35. The molecule has 1 aliphatic rings. The lowest BCUT2D eigenvalue weighted by Gasteiger charge is -2.32. The van der Waals surface area contributed by atoms with Gasteiger partial charge in [-0.25, -0.2) is 0 Å². The molecule has 1 atom stereocenters. The van der Waals surface area contributed by atoms with E-state index in [4.69, 9.17) is 0 Å². The molecule has 5 nitrogen and oxygen atoms in total. The Morgan fingerprint density at radius 1 is 1.62 bits per heavy atom. The second-order valence-electron chi connectivity index (χ2n) is 3.35. The van der Waals surface area contributed by atoms with Gasteiger partial charge >= 0.3 is 0 Å². The average Bonchev–Trinajstić information content (AvgIpc) is 2.18. The summed E-state index contributed by atoms with van der Waals surface area (Å²) in [5.41, 5.74) is 0. The quantitative estimate of drug-likeness (QED) is 0.394. The highest BCUT2D eigenvalue weighted by Crippen LogP contribution is 2.21. The lowest BCUT2D eigenvalue weighted by Crippen LogP contribution is -2.55. The predicted octanol–water partition coefficient (Wildman–Crippen LogP) is -1.59. The number of likely N-dealkylation sites (N-methyl/N-ethyl adjacent to an activating group) is 1. The Hall–Kier alpha value is -0.650. The first kappa shape index (κ1) is 10.4. The third-order valence-corrected chi connectivity index (χ3v) is 2.43. The van der Waals surface area contributed by atoms with Gasteiger partial charge in [-0.3, -0.25) is 4.79 Å². The summed E-state index contributed by atoms with van der Waals surface area (Å²) in [5, 5.41) is 24.3. The van der Waals surface area contributed by atoms with E-state index in [-0.39, 0.29) is 0 Å². The lowest BCUT2D eigenvalue weighted by atomic mass is 9.90. The molecule has 0 saturated carbocycles. The van der Waals surface area contributed by atoms with Crippen molar-refractivity contribution in [3.05, 3.63) is 0 Å². The smallest absolute Gasteiger partial charge is 0.280 e. The van der Waals surface area contributed by atoms with E-state index in [1.807, 2.05) is 0 Å². The molecule has 0 radical (unpaired) electrons. The van der Waals surface area contributed by atoms with Crippen molar-refractivity contribution in [2.45, 2.75) is 18.6 Å².